The number of hydrogen-bond donors (Lipinski definition) is 3. The molecule has 5 rings (SSSR count). The normalized spacial score (nSPS) is 16.7. The number of nitrogens with two attached hydrogens (primary N) is 1. The molecule has 0 spiro atoms. The van der Waals surface area contributed by atoms with Crippen LogP contribution in [-0.2, 0) is 9.47 Å². The van der Waals surface area contributed by atoms with Gasteiger partial charge in [0.05, 0.1) is 48.5 Å². The average molecular weight is 632 g/mol. The highest BCUT2D eigenvalue weighted by Crippen LogP contribution is 2.39. The molecule has 1 aromatic carbocycles. The van der Waals surface area contributed by atoms with Gasteiger partial charge in [-0.25, -0.2) is 14.2 Å². The molecule has 13 heteroatoms. The number of nitrogen functional groups attached to an aromatic ring is 1. The van der Waals surface area contributed by atoms with E-state index in [1.54, 1.807) is 36.2 Å². The van der Waals surface area contributed by atoms with Gasteiger partial charge >= 0.3 is 6.16 Å². The fraction of sp³-hybridized carbons (Fsp3) is 0.357. The van der Waals surface area contributed by atoms with E-state index in [4.69, 9.17) is 39.9 Å². The Kier molecular flexibility index (Phi) is 10.1. The fourth-order valence-corrected chi connectivity index (χ4v) is 5.42. The molecule has 4 N–H and O–H groups in total. The number of nitrogens with zero attached hydrogens (tertiary/aromatic N) is 4. The third-order valence-corrected chi connectivity index (χ3v) is 7.68. The number of rotatable bonds is 8. The molecule has 0 aliphatic heterocycles. The van der Waals surface area contributed by atoms with E-state index in [0.29, 0.717) is 35.9 Å². The first-order valence-corrected chi connectivity index (χ1v) is 13.7. The molecule has 0 radical (unpaired) electrons. The molecule has 1 aliphatic carbocycles. The van der Waals surface area contributed by atoms with Crippen LogP contribution < -0.4 is 10.5 Å². The van der Waals surface area contributed by atoms with Crippen molar-refractivity contribution in [2.45, 2.75) is 37.7 Å². The van der Waals surface area contributed by atoms with Gasteiger partial charge in [0.1, 0.15) is 5.82 Å². The number of benzene rings is 1. The summed E-state index contributed by atoms with van der Waals surface area (Å²) in [6.07, 6.45) is 5.79. The molecule has 3 heterocycles. The third kappa shape index (κ3) is 7.10. The lowest BCUT2D eigenvalue weighted by Gasteiger charge is -2.29. The number of pyridine rings is 1. The highest BCUT2D eigenvalue weighted by Gasteiger charge is 2.27. The van der Waals surface area contributed by atoms with Crippen molar-refractivity contribution in [3.8, 4) is 28.1 Å². The van der Waals surface area contributed by atoms with Crippen molar-refractivity contribution < 1.29 is 33.6 Å². The molecule has 1 saturated carbocycles. The second kappa shape index (κ2) is 13.7. The predicted octanol–water partition coefficient (Wildman–Crippen LogP) is 5.86. The van der Waals surface area contributed by atoms with Crippen LogP contribution in [0.1, 0.15) is 37.3 Å². The molecular weight excluding hydrogens is 601 g/mol. The minimum Gasteiger partial charge on any atom is -0.494 e. The minimum atomic E-state index is -1.83. The van der Waals surface area contributed by atoms with Gasteiger partial charge < -0.3 is 30.2 Å². The van der Waals surface area contributed by atoms with Crippen molar-refractivity contribution in [3.05, 3.63) is 58.7 Å². The Balaban J connectivity index is 0.000000909. The van der Waals surface area contributed by atoms with Crippen LogP contribution in [0.25, 0.3) is 28.0 Å². The van der Waals surface area contributed by atoms with Crippen molar-refractivity contribution in [2.24, 2.45) is 0 Å². The van der Waals surface area contributed by atoms with Gasteiger partial charge in [0.25, 0.3) is 0 Å². The number of methoxy groups -OCH3 is 2. The Bertz CT molecular complexity index is 1490. The van der Waals surface area contributed by atoms with Crippen LogP contribution in [0.15, 0.2) is 47.2 Å². The molecule has 4 aromatic rings. The van der Waals surface area contributed by atoms with Crippen LogP contribution in [0.4, 0.5) is 15.0 Å². The van der Waals surface area contributed by atoms with Crippen LogP contribution in [0.2, 0.25) is 0 Å². The van der Waals surface area contributed by atoms with Crippen LogP contribution in [0, 0.1) is 5.82 Å². The molecule has 1 aliphatic rings. The van der Waals surface area contributed by atoms with Gasteiger partial charge in [-0.3, -0.25) is 4.98 Å². The van der Waals surface area contributed by atoms with Crippen LogP contribution in [0.3, 0.4) is 0 Å². The van der Waals surface area contributed by atoms with Crippen molar-refractivity contribution in [1.82, 2.24) is 19.6 Å². The summed E-state index contributed by atoms with van der Waals surface area (Å²) in [4.78, 5) is 18.1. The number of aromatic nitrogens is 4. The number of ether oxygens (including phenoxy) is 3. The molecular formula is C28H31BrFN5O6. The van der Waals surface area contributed by atoms with Gasteiger partial charge in [-0.15, -0.1) is 0 Å². The summed E-state index contributed by atoms with van der Waals surface area (Å²) >= 11 is 3.67. The average Bonchev–Trinajstić information content (AvgIpc) is 3.39. The third-order valence-electron chi connectivity index (χ3n) is 6.87. The van der Waals surface area contributed by atoms with E-state index in [1.165, 1.54) is 13.2 Å². The minimum absolute atomic E-state index is 0.199. The number of halogens is 2. The zero-order valence-electron chi connectivity index (χ0n) is 22.6. The lowest BCUT2D eigenvalue weighted by Crippen LogP contribution is -2.23. The zero-order chi connectivity index (χ0) is 29.5. The van der Waals surface area contributed by atoms with Crippen LogP contribution in [0.5, 0.6) is 5.75 Å². The Hall–Kier alpha value is -3.81. The van der Waals surface area contributed by atoms with Gasteiger partial charge in [-0.1, -0.05) is 6.07 Å². The summed E-state index contributed by atoms with van der Waals surface area (Å²) in [5.41, 5.74) is 11.1. The van der Waals surface area contributed by atoms with Crippen molar-refractivity contribution in [1.29, 1.82) is 0 Å². The van der Waals surface area contributed by atoms with Gasteiger partial charge in [0, 0.05) is 35.9 Å². The summed E-state index contributed by atoms with van der Waals surface area (Å²) in [6.45, 7) is 1.23. The molecule has 3 aromatic heterocycles. The van der Waals surface area contributed by atoms with Crippen molar-refractivity contribution in [3.63, 3.8) is 0 Å². The summed E-state index contributed by atoms with van der Waals surface area (Å²) in [6, 6.07) is 8.58. The zero-order valence-corrected chi connectivity index (χ0v) is 24.2. The smallest absolute Gasteiger partial charge is 0.494 e. The van der Waals surface area contributed by atoms with E-state index in [-0.39, 0.29) is 17.8 Å². The number of carboxylic acid groups (broad SMARTS) is 2. The molecule has 218 valence electrons. The van der Waals surface area contributed by atoms with Crippen LogP contribution >= 0.6 is 15.9 Å². The second-order valence-electron chi connectivity index (χ2n) is 9.39. The first-order valence-electron chi connectivity index (χ1n) is 12.9. The number of fused-ring (bicyclic) bond motifs is 1. The van der Waals surface area contributed by atoms with Gasteiger partial charge in [0.15, 0.2) is 17.2 Å². The molecule has 11 nitrogen and oxygen atoms in total. The number of anilines is 1. The molecule has 41 heavy (non-hydrogen) atoms. The molecule has 0 unspecified atom stereocenters. The van der Waals surface area contributed by atoms with E-state index in [0.717, 1.165) is 47.0 Å². The predicted molar refractivity (Wildman–Crippen MR) is 154 cm³/mol. The first-order chi connectivity index (χ1) is 19.7. The first kappa shape index (κ1) is 30.2. The maximum atomic E-state index is 14.2. The summed E-state index contributed by atoms with van der Waals surface area (Å²) in [7, 11) is 3.12. The summed E-state index contributed by atoms with van der Waals surface area (Å²) in [5.74, 6) is 0.562. The van der Waals surface area contributed by atoms with E-state index in [1.807, 2.05) is 12.1 Å². The Labute approximate surface area is 244 Å². The summed E-state index contributed by atoms with van der Waals surface area (Å²) < 4.78 is 32.6. The molecule has 0 bridgehead atoms. The second-order valence-corrected chi connectivity index (χ2v) is 10.2. The maximum absolute atomic E-state index is 14.2. The van der Waals surface area contributed by atoms with Gasteiger partial charge in [0.2, 0.25) is 0 Å². The molecule has 0 amide bonds. The molecule has 0 atom stereocenters. The lowest BCUT2D eigenvalue weighted by atomic mass is 9.85. The monoisotopic (exact) mass is 631 g/mol. The van der Waals surface area contributed by atoms with E-state index < -0.39 is 12.0 Å². The number of hydrogen-bond acceptors (Lipinski definition) is 8. The lowest BCUT2D eigenvalue weighted by molar-refractivity contribution is -0.00299. The van der Waals surface area contributed by atoms with E-state index in [2.05, 4.69) is 26.0 Å². The van der Waals surface area contributed by atoms with Gasteiger partial charge in [-0.05, 0) is 65.9 Å². The highest BCUT2D eigenvalue weighted by atomic mass is 79.9. The summed E-state index contributed by atoms with van der Waals surface area (Å²) in [5, 5.41) is 18.4. The Morgan fingerprint density at radius 2 is 1.80 bits per heavy atom. The quantitative estimate of drug-likeness (QED) is 0.201. The Morgan fingerprint density at radius 1 is 1.10 bits per heavy atom. The Morgan fingerprint density at radius 3 is 2.41 bits per heavy atom. The largest absolute Gasteiger partial charge is 0.503 e. The fourth-order valence-electron chi connectivity index (χ4n) is 4.84. The van der Waals surface area contributed by atoms with Gasteiger partial charge in [-0.2, -0.15) is 9.61 Å². The SMILES string of the molecule is COCCO[C@H]1CC[C@H](c2nc3c(-c4ccc(-c5ccc(OC)c(F)c5)nc4)cnn3c(N)c2Br)CC1.O=C(O)O. The molecule has 1 fully saturated rings. The van der Waals surface area contributed by atoms with E-state index in [9.17, 15) is 4.39 Å². The highest BCUT2D eigenvalue weighted by molar-refractivity contribution is 9.10. The van der Waals surface area contributed by atoms with E-state index >= 15 is 0 Å². The molecule has 0 saturated heterocycles. The van der Waals surface area contributed by atoms with Crippen molar-refractivity contribution in [2.75, 3.05) is 33.2 Å². The standard InChI is InChI=1S/C27H29BrFN5O3.CH2O3/c1-35-11-12-37-19-7-3-16(4-8-19)25-24(28)26(30)34-27(33-25)20(15-32-34)18-5-9-22(31-14-18)17-6-10-23(36-2)21(29)13-17;2-1(3)4/h5-6,9-10,13-16,19H,3-4,7-8,11-12,30H2,1-2H3;(H2,2,3,4)/t16-,19-;. The topological polar surface area (TPSA) is 154 Å². The number of carbonyl (C=O) groups is 1. The van der Waals surface area contributed by atoms with Crippen molar-refractivity contribution >= 4 is 33.6 Å². The maximum Gasteiger partial charge on any atom is 0.503 e. The van der Waals surface area contributed by atoms with Crippen LogP contribution in [-0.4, -0.2) is 69.5 Å².